The molecule has 0 radical (unpaired) electrons. The Labute approximate surface area is 185 Å². The van der Waals surface area contributed by atoms with E-state index in [1.807, 2.05) is 0 Å². The highest BCUT2D eigenvalue weighted by molar-refractivity contribution is 7.13. The number of carbonyl (C=O) groups is 1. The number of hydrogen-bond acceptors (Lipinski definition) is 6. The Hall–Kier alpha value is -2.68. The maximum absolute atomic E-state index is 13.0. The number of halogens is 1. The molecule has 1 saturated heterocycles. The molecule has 6 nitrogen and oxygen atoms in total. The lowest BCUT2D eigenvalue weighted by Gasteiger charge is -2.34. The van der Waals surface area contributed by atoms with E-state index in [1.165, 1.54) is 34.6 Å². The van der Waals surface area contributed by atoms with Crippen LogP contribution in [-0.4, -0.2) is 52.1 Å². The summed E-state index contributed by atoms with van der Waals surface area (Å²) in [6.45, 7) is 8.15. The quantitative estimate of drug-likeness (QED) is 0.613. The lowest BCUT2D eigenvalue weighted by molar-refractivity contribution is 0.0950. The summed E-state index contributed by atoms with van der Waals surface area (Å²) in [5.74, 6) is -0.545. The lowest BCUT2D eigenvalue weighted by atomic mass is 10.1. The van der Waals surface area contributed by atoms with Crippen LogP contribution in [0.1, 0.15) is 31.5 Å². The van der Waals surface area contributed by atoms with Gasteiger partial charge in [-0.1, -0.05) is 47.7 Å². The van der Waals surface area contributed by atoms with Crippen molar-refractivity contribution in [2.75, 3.05) is 26.2 Å². The summed E-state index contributed by atoms with van der Waals surface area (Å²) < 4.78 is 13.0. The molecule has 3 aromatic rings. The number of aryl methyl sites for hydroxylation is 1. The van der Waals surface area contributed by atoms with Crippen LogP contribution in [0, 0.1) is 12.7 Å². The van der Waals surface area contributed by atoms with Crippen molar-refractivity contribution in [3.05, 3.63) is 81.1 Å². The fourth-order valence-electron chi connectivity index (χ4n) is 3.59. The predicted molar refractivity (Wildman–Crippen MR) is 119 cm³/mol. The van der Waals surface area contributed by atoms with Gasteiger partial charge in [0.15, 0.2) is 0 Å². The zero-order chi connectivity index (χ0) is 21.6. The van der Waals surface area contributed by atoms with Crippen molar-refractivity contribution in [2.24, 2.45) is 0 Å². The Morgan fingerprint density at radius 3 is 2.39 bits per heavy atom. The molecule has 0 atom stereocenters. The maximum atomic E-state index is 13.0. The van der Waals surface area contributed by atoms with Gasteiger partial charge in [0, 0.05) is 39.3 Å². The first-order valence-corrected chi connectivity index (χ1v) is 11.2. The summed E-state index contributed by atoms with van der Waals surface area (Å²) in [4.78, 5) is 17.2. The highest BCUT2D eigenvalue weighted by Gasteiger charge is 2.20. The topological polar surface area (TPSA) is 61.4 Å². The molecule has 0 saturated carbocycles. The van der Waals surface area contributed by atoms with Crippen LogP contribution in [0.5, 0.6) is 0 Å². The van der Waals surface area contributed by atoms with E-state index in [0.29, 0.717) is 18.1 Å². The van der Waals surface area contributed by atoms with Crippen molar-refractivity contribution in [1.82, 2.24) is 25.3 Å². The number of piperazine rings is 1. The van der Waals surface area contributed by atoms with E-state index < -0.39 is 0 Å². The van der Waals surface area contributed by atoms with Crippen molar-refractivity contribution in [1.29, 1.82) is 0 Å². The SMILES string of the molecule is Cc1ccccc1CN1CCN(Cc2nnc(C(=O)NCc3ccc(F)cc3)s2)CC1. The standard InChI is InChI=1S/C23H26FN5OS/c1-17-4-2-3-5-19(17)15-28-10-12-29(13-11-28)16-21-26-27-23(31-21)22(30)25-14-18-6-8-20(24)9-7-18/h2-9H,10-16H2,1H3,(H,25,30). The Bertz CT molecular complexity index is 1010. The molecule has 2 aromatic carbocycles. The summed E-state index contributed by atoms with van der Waals surface area (Å²) in [5.41, 5.74) is 3.56. The number of rotatable bonds is 7. The van der Waals surface area contributed by atoms with Gasteiger partial charge in [0.1, 0.15) is 10.8 Å². The third kappa shape index (κ3) is 5.94. The van der Waals surface area contributed by atoms with Gasteiger partial charge in [-0.05, 0) is 35.7 Å². The normalized spacial score (nSPS) is 15.2. The number of benzene rings is 2. The summed E-state index contributed by atoms with van der Waals surface area (Å²) >= 11 is 1.33. The van der Waals surface area contributed by atoms with Crippen molar-refractivity contribution in [3.8, 4) is 0 Å². The second-order valence-electron chi connectivity index (χ2n) is 7.79. The molecule has 0 aliphatic carbocycles. The molecule has 1 aromatic heterocycles. The lowest BCUT2D eigenvalue weighted by Crippen LogP contribution is -2.45. The summed E-state index contributed by atoms with van der Waals surface area (Å²) in [5, 5.41) is 12.3. The van der Waals surface area contributed by atoms with E-state index in [9.17, 15) is 9.18 Å². The van der Waals surface area contributed by atoms with Crippen LogP contribution < -0.4 is 5.32 Å². The van der Waals surface area contributed by atoms with Gasteiger partial charge in [0.25, 0.3) is 5.91 Å². The molecule has 0 unspecified atom stereocenters. The van der Waals surface area contributed by atoms with E-state index >= 15 is 0 Å². The van der Waals surface area contributed by atoms with Gasteiger partial charge < -0.3 is 5.32 Å². The van der Waals surface area contributed by atoms with Crippen LogP contribution in [0.25, 0.3) is 0 Å². The second-order valence-corrected chi connectivity index (χ2v) is 8.85. The molecule has 1 aliphatic heterocycles. The molecule has 1 fully saturated rings. The van der Waals surface area contributed by atoms with Gasteiger partial charge in [-0.3, -0.25) is 14.6 Å². The average molecular weight is 440 g/mol. The van der Waals surface area contributed by atoms with E-state index in [0.717, 1.165) is 43.3 Å². The monoisotopic (exact) mass is 439 g/mol. The van der Waals surface area contributed by atoms with E-state index in [-0.39, 0.29) is 11.7 Å². The van der Waals surface area contributed by atoms with Gasteiger partial charge in [0.2, 0.25) is 5.01 Å². The minimum Gasteiger partial charge on any atom is -0.346 e. The highest BCUT2D eigenvalue weighted by Crippen LogP contribution is 2.16. The van der Waals surface area contributed by atoms with Crippen LogP contribution in [0.2, 0.25) is 0 Å². The smallest absolute Gasteiger partial charge is 0.282 e. The Morgan fingerprint density at radius 1 is 1.00 bits per heavy atom. The zero-order valence-corrected chi connectivity index (χ0v) is 18.4. The molecule has 0 bridgehead atoms. The Kier molecular flexibility index (Phi) is 7.01. The van der Waals surface area contributed by atoms with Crippen LogP contribution in [0.15, 0.2) is 48.5 Å². The van der Waals surface area contributed by atoms with Gasteiger partial charge in [-0.15, -0.1) is 10.2 Å². The molecule has 4 rings (SSSR count). The van der Waals surface area contributed by atoms with E-state index in [2.05, 4.69) is 56.5 Å². The molecule has 8 heteroatoms. The first-order valence-electron chi connectivity index (χ1n) is 10.4. The summed E-state index contributed by atoms with van der Waals surface area (Å²) in [7, 11) is 0. The summed E-state index contributed by atoms with van der Waals surface area (Å²) in [6, 6.07) is 14.6. The largest absolute Gasteiger partial charge is 0.346 e. The van der Waals surface area contributed by atoms with E-state index in [4.69, 9.17) is 0 Å². The Balaban J connectivity index is 1.23. The highest BCUT2D eigenvalue weighted by atomic mass is 32.1. The molecule has 2 heterocycles. The van der Waals surface area contributed by atoms with Crippen molar-refractivity contribution >= 4 is 17.2 Å². The maximum Gasteiger partial charge on any atom is 0.282 e. The molecule has 162 valence electrons. The van der Waals surface area contributed by atoms with Crippen LogP contribution >= 0.6 is 11.3 Å². The molecule has 1 N–H and O–H groups in total. The predicted octanol–water partition coefficient (Wildman–Crippen LogP) is 3.23. The molecule has 1 aliphatic rings. The average Bonchev–Trinajstić information content (AvgIpc) is 3.25. The third-order valence-electron chi connectivity index (χ3n) is 5.51. The number of aromatic nitrogens is 2. The second kappa shape index (κ2) is 10.1. The third-order valence-corrected chi connectivity index (χ3v) is 6.41. The van der Waals surface area contributed by atoms with Crippen molar-refractivity contribution in [3.63, 3.8) is 0 Å². The molecule has 1 amide bonds. The first kappa shape index (κ1) is 21.5. The number of nitrogens with zero attached hydrogens (tertiary/aromatic N) is 4. The number of amides is 1. The zero-order valence-electron chi connectivity index (χ0n) is 17.6. The fraction of sp³-hybridized carbons (Fsp3) is 0.348. The van der Waals surface area contributed by atoms with Crippen LogP contribution in [0.4, 0.5) is 4.39 Å². The first-order chi connectivity index (χ1) is 15.1. The minimum absolute atomic E-state index is 0.254. The van der Waals surface area contributed by atoms with Gasteiger partial charge >= 0.3 is 0 Å². The molecular weight excluding hydrogens is 413 g/mol. The fourth-order valence-corrected chi connectivity index (χ4v) is 4.39. The number of hydrogen-bond donors (Lipinski definition) is 1. The van der Waals surface area contributed by atoms with Crippen molar-refractivity contribution < 1.29 is 9.18 Å². The number of carbonyl (C=O) groups excluding carboxylic acids is 1. The van der Waals surface area contributed by atoms with Crippen LogP contribution in [0.3, 0.4) is 0 Å². The van der Waals surface area contributed by atoms with Crippen molar-refractivity contribution in [2.45, 2.75) is 26.6 Å². The summed E-state index contributed by atoms with van der Waals surface area (Å²) in [6.07, 6.45) is 0. The Morgan fingerprint density at radius 2 is 1.68 bits per heavy atom. The number of nitrogens with one attached hydrogen (secondary N) is 1. The molecular formula is C23H26FN5OS. The molecule has 31 heavy (non-hydrogen) atoms. The van der Waals surface area contributed by atoms with Gasteiger partial charge in [0.05, 0.1) is 6.54 Å². The minimum atomic E-state index is -0.292. The molecule has 0 spiro atoms. The van der Waals surface area contributed by atoms with Crippen LogP contribution in [-0.2, 0) is 19.6 Å². The van der Waals surface area contributed by atoms with E-state index in [1.54, 1.807) is 12.1 Å². The van der Waals surface area contributed by atoms with Gasteiger partial charge in [-0.25, -0.2) is 4.39 Å². The van der Waals surface area contributed by atoms with Gasteiger partial charge in [-0.2, -0.15) is 0 Å².